The van der Waals surface area contributed by atoms with Crippen LogP contribution in [0.4, 0.5) is 5.82 Å². The predicted molar refractivity (Wildman–Crippen MR) is 82.1 cm³/mol. The number of aliphatic hydroxyl groups excluding tert-OH is 1. The van der Waals surface area contributed by atoms with Crippen LogP contribution in [0.2, 0.25) is 0 Å². The van der Waals surface area contributed by atoms with E-state index in [1.54, 1.807) is 6.20 Å². The van der Waals surface area contributed by atoms with Crippen LogP contribution in [-0.2, 0) is 6.42 Å². The average Bonchev–Trinajstić information content (AvgIpc) is 2.83. The monoisotopic (exact) mass is 277 g/mol. The van der Waals surface area contributed by atoms with Crippen LogP contribution in [0.15, 0.2) is 54.7 Å². The Morgan fingerprint density at radius 2 is 1.76 bits per heavy atom. The SMILES string of the molecule is O[C@@H]1Cc2ccccc2[C@@H]1Nc1cnc2ccccc2n1. The summed E-state index contributed by atoms with van der Waals surface area (Å²) in [7, 11) is 0. The third-order valence-corrected chi connectivity index (χ3v) is 3.96. The van der Waals surface area contributed by atoms with Gasteiger partial charge >= 0.3 is 0 Å². The van der Waals surface area contributed by atoms with Crippen LogP contribution in [0, 0.1) is 0 Å². The number of aromatic nitrogens is 2. The van der Waals surface area contributed by atoms with Gasteiger partial charge in [-0.15, -0.1) is 0 Å². The first-order chi connectivity index (χ1) is 10.3. The molecule has 0 radical (unpaired) electrons. The maximum atomic E-state index is 10.3. The van der Waals surface area contributed by atoms with Gasteiger partial charge in [-0.05, 0) is 23.3 Å². The van der Waals surface area contributed by atoms with Gasteiger partial charge in [-0.2, -0.15) is 0 Å². The van der Waals surface area contributed by atoms with Crippen LogP contribution >= 0.6 is 0 Å². The molecule has 1 heterocycles. The zero-order valence-electron chi connectivity index (χ0n) is 11.4. The highest BCUT2D eigenvalue weighted by Gasteiger charge is 2.30. The number of rotatable bonds is 2. The minimum absolute atomic E-state index is 0.128. The van der Waals surface area contributed by atoms with Gasteiger partial charge in [-0.25, -0.2) is 4.98 Å². The first-order valence-corrected chi connectivity index (χ1v) is 7.05. The van der Waals surface area contributed by atoms with Crippen molar-refractivity contribution in [2.75, 3.05) is 5.32 Å². The Morgan fingerprint density at radius 1 is 1.00 bits per heavy atom. The smallest absolute Gasteiger partial charge is 0.145 e. The summed E-state index contributed by atoms with van der Waals surface area (Å²) >= 11 is 0. The molecular weight excluding hydrogens is 262 g/mol. The fourth-order valence-electron chi connectivity index (χ4n) is 2.93. The molecule has 0 saturated heterocycles. The van der Waals surface area contributed by atoms with Gasteiger partial charge in [0.05, 0.1) is 29.4 Å². The summed E-state index contributed by atoms with van der Waals surface area (Å²) in [4.78, 5) is 8.96. The number of hydrogen-bond acceptors (Lipinski definition) is 4. The molecule has 3 aromatic rings. The van der Waals surface area contributed by atoms with Crippen LogP contribution in [0.25, 0.3) is 11.0 Å². The van der Waals surface area contributed by atoms with Crippen molar-refractivity contribution < 1.29 is 5.11 Å². The molecule has 4 heteroatoms. The zero-order chi connectivity index (χ0) is 14.2. The van der Waals surface area contributed by atoms with E-state index in [9.17, 15) is 5.11 Å². The summed E-state index contributed by atoms with van der Waals surface area (Å²) in [5, 5.41) is 13.6. The van der Waals surface area contributed by atoms with Crippen LogP contribution in [0.5, 0.6) is 0 Å². The second-order valence-corrected chi connectivity index (χ2v) is 5.34. The molecule has 0 bridgehead atoms. The lowest BCUT2D eigenvalue weighted by molar-refractivity contribution is 0.165. The Kier molecular flexibility index (Phi) is 2.82. The maximum Gasteiger partial charge on any atom is 0.145 e. The van der Waals surface area contributed by atoms with E-state index < -0.39 is 6.10 Å². The zero-order valence-corrected chi connectivity index (χ0v) is 11.4. The van der Waals surface area contributed by atoms with E-state index in [-0.39, 0.29) is 6.04 Å². The Labute approximate surface area is 122 Å². The van der Waals surface area contributed by atoms with Crippen molar-refractivity contribution >= 4 is 16.9 Å². The Bertz CT molecular complexity index is 803. The van der Waals surface area contributed by atoms with Crippen molar-refractivity contribution in [3.63, 3.8) is 0 Å². The quantitative estimate of drug-likeness (QED) is 0.756. The number of benzene rings is 2. The minimum atomic E-state index is -0.435. The Hall–Kier alpha value is -2.46. The summed E-state index contributed by atoms with van der Waals surface area (Å²) in [6.07, 6.45) is 1.96. The van der Waals surface area contributed by atoms with Crippen molar-refractivity contribution in [1.82, 2.24) is 9.97 Å². The molecule has 0 fully saturated rings. The van der Waals surface area contributed by atoms with Gasteiger partial charge in [-0.3, -0.25) is 4.98 Å². The van der Waals surface area contributed by atoms with Crippen molar-refractivity contribution in [2.24, 2.45) is 0 Å². The molecule has 0 spiro atoms. The highest BCUT2D eigenvalue weighted by atomic mass is 16.3. The molecule has 2 atom stereocenters. The molecule has 1 aromatic heterocycles. The number of nitrogens with one attached hydrogen (secondary N) is 1. The summed E-state index contributed by atoms with van der Waals surface area (Å²) < 4.78 is 0. The number of para-hydroxylation sites is 2. The molecule has 1 aliphatic rings. The van der Waals surface area contributed by atoms with Gasteiger partial charge in [0.2, 0.25) is 0 Å². The average molecular weight is 277 g/mol. The molecule has 0 amide bonds. The first kappa shape index (κ1) is 12.3. The normalized spacial score (nSPS) is 20.4. The van der Waals surface area contributed by atoms with E-state index >= 15 is 0 Å². The summed E-state index contributed by atoms with van der Waals surface area (Å²) in [5.41, 5.74) is 4.05. The fourth-order valence-corrected chi connectivity index (χ4v) is 2.93. The molecule has 2 aromatic carbocycles. The number of hydrogen-bond donors (Lipinski definition) is 2. The maximum absolute atomic E-state index is 10.3. The molecule has 21 heavy (non-hydrogen) atoms. The third kappa shape index (κ3) is 2.14. The standard InChI is InChI=1S/C17H15N3O/c21-15-9-11-5-1-2-6-12(11)17(15)20-16-10-18-13-7-3-4-8-14(13)19-16/h1-8,10,15,17,21H,9H2,(H,19,20)/t15-,17+/m1/s1. The lowest BCUT2D eigenvalue weighted by Gasteiger charge is -2.18. The molecule has 0 saturated carbocycles. The van der Waals surface area contributed by atoms with E-state index in [1.165, 1.54) is 5.56 Å². The summed E-state index contributed by atoms with van der Waals surface area (Å²) in [5.74, 6) is 0.689. The lowest BCUT2D eigenvalue weighted by Crippen LogP contribution is -2.21. The second kappa shape index (κ2) is 4.82. The molecule has 4 rings (SSSR count). The summed E-state index contributed by atoms with van der Waals surface area (Å²) in [6.45, 7) is 0. The van der Waals surface area contributed by atoms with E-state index in [0.29, 0.717) is 12.2 Å². The highest BCUT2D eigenvalue weighted by Crippen LogP contribution is 2.33. The number of aliphatic hydroxyl groups is 1. The van der Waals surface area contributed by atoms with Gasteiger partial charge in [-0.1, -0.05) is 36.4 Å². The second-order valence-electron chi connectivity index (χ2n) is 5.34. The van der Waals surface area contributed by atoms with Gasteiger partial charge in [0, 0.05) is 6.42 Å². The van der Waals surface area contributed by atoms with Crippen LogP contribution in [-0.4, -0.2) is 21.2 Å². The largest absolute Gasteiger partial charge is 0.390 e. The van der Waals surface area contributed by atoms with E-state index in [2.05, 4.69) is 27.4 Å². The van der Waals surface area contributed by atoms with Crippen molar-refractivity contribution in [3.05, 3.63) is 65.9 Å². The van der Waals surface area contributed by atoms with Crippen LogP contribution < -0.4 is 5.32 Å². The molecule has 0 aliphatic heterocycles. The summed E-state index contributed by atoms with van der Waals surface area (Å²) in [6, 6.07) is 15.8. The fraction of sp³-hybridized carbons (Fsp3) is 0.176. The highest BCUT2D eigenvalue weighted by molar-refractivity contribution is 5.75. The molecular formula is C17H15N3O. The lowest BCUT2D eigenvalue weighted by atomic mass is 10.1. The van der Waals surface area contributed by atoms with E-state index in [4.69, 9.17) is 0 Å². The first-order valence-electron chi connectivity index (χ1n) is 7.05. The van der Waals surface area contributed by atoms with Gasteiger partial charge < -0.3 is 10.4 Å². The van der Waals surface area contributed by atoms with Crippen molar-refractivity contribution in [1.29, 1.82) is 0 Å². The Morgan fingerprint density at radius 3 is 2.67 bits per heavy atom. The van der Waals surface area contributed by atoms with Crippen molar-refractivity contribution in [2.45, 2.75) is 18.6 Å². The van der Waals surface area contributed by atoms with Crippen LogP contribution in [0.3, 0.4) is 0 Å². The number of anilines is 1. The third-order valence-electron chi connectivity index (χ3n) is 3.96. The molecule has 2 N–H and O–H groups in total. The van der Waals surface area contributed by atoms with Gasteiger partial charge in [0.1, 0.15) is 5.82 Å². The minimum Gasteiger partial charge on any atom is -0.390 e. The van der Waals surface area contributed by atoms with E-state index in [1.807, 2.05) is 36.4 Å². The van der Waals surface area contributed by atoms with E-state index in [0.717, 1.165) is 16.6 Å². The topological polar surface area (TPSA) is 58.0 Å². The van der Waals surface area contributed by atoms with Gasteiger partial charge in [0.25, 0.3) is 0 Å². The number of nitrogens with zero attached hydrogens (tertiary/aromatic N) is 2. The van der Waals surface area contributed by atoms with Gasteiger partial charge in [0.15, 0.2) is 0 Å². The van der Waals surface area contributed by atoms with Crippen molar-refractivity contribution in [3.8, 4) is 0 Å². The van der Waals surface area contributed by atoms with Crippen LogP contribution in [0.1, 0.15) is 17.2 Å². The molecule has 0 unspecified atom stereocenters. The Balaban J connectivity index is 1.68. The number of fused-ring (bicyclic) bond motifs is 2. The molecule has 104 valence electrons. The molecule has 4 nitrogen and oxygen atoms in total. The molecule has 1 aliphatic carbocycles. The predicted octanol–water partition coefficient (Wildman–Crippen LogP) is 2.70.